The average Bonchev–Trinajstić information content (AvgIpc) is 3.09. The van der Waals surface area contributed by atoms with E-state index in [1.54, 1.807) is 36.4 Å². The molecule has 3 rings (SSSR count). The molecule has 0 unspecified atom stereocenters. The lowest BCUT2D eigenvalue weighted by molar-refractivity contribution is 0.190. The Bertz CT molecular complexity index is 906. The molecule has 7 heteroatoms. The predicted octanol–water partition coefficient (Wildman–Crippen LogP) is 4.07. The van der Waals surface area contributed by atoms with Crippen molar-refractivity contribution in [3.63, 3.8) is 0 Å². The number of nitrogens with one attached hydrogen (secondary N) is 1. The van der Waals surface area contributed by atoms with Gasteiger partial charge in [0.15, 0.2) is 9.84 Å². The quantitative estimate of drug-likeness (QED) is 0.728. The van der Waals surface area contributed by atoms with Crippen molar-refractivity contribution >= 4 is 21.4 Å². The van der Waals surface area contributed by atoms with Crippen LogP contribution in [0.3, 0.4) is 0 Å². The van der Waals surface area contributed by atoms with Crippen molar-refractivity contribution in [1.82, 2.24) is 10.2 Å². The van der Waals surface area contributed by atoms with Crippen LogP contribution in [0.15, 0.2) is 53.4 Å². The highest BCUT2D eigenvalue weighted by Crippen LogP contribution is 2.35. The Balaban J connectivity index is 1.72. The molecule has 152 valence electrons. The van der Waals surface area contributed by atoms with E-state index >= 15 is 0 Å². The van der Waals surface area contributed by atoms with Crippen molar-refractivity contribution in [1.29, 1.82) is 0 Å². The van der Waals surface area contributed by atoms with Crippen molar-refractivity contribution < 1.29 is 12.8 Å². The van der Waals surface area contributed by atoms with Gasteiger partial charge in [0.2, 0.25) is 0 Å². The number of rotatable bonds is 7. The van der Waals surface area contributed by atoms with Crippen molar-refractivity contribution in [2.45, 2.75) is 43.3 Å². The van der Waals surface area contributed by atoms with E-state index in [-0.39, 0.29) is 22.9 Å². The standard InChI is InChI=1S/C21H26ClFN2O2S/c1-15(2)25-12-10-20(21(25)16-8-9-18(22)19(23)14-16)24-11-13-28(26,27)17-6-4-3-5-7-17/h3-9,14-15,20-21,24H,10-13H2,1-2H3/t20-,21-/m0/s1. The lowest BCUT2D eigenvalue weighted by atomic mass is 9.99. The fourth-order valence-corrected chi connectivity index (χ4v) is 5.17. The molecule has 0 aromatic heterocycles. The minimum atomic E-state index is -3.33. The van der Waals surface area contributed by atoms with Gasteiger partial charge in [-0.2, -0.15) is 0 Å². The zero-order chi connectivity index (χ0) is 20.3. The summed E-state index contributed by atoms with van der Waals surface area (Å²) < 4.78 is 39.0. The van der Waals surface area contributed by atoms with Crippen LogP contribution < -0.4 is 5.32 Å². The smallest absolute Gasteiger partial charge is 0.179 e. The van der Waals surface area contributed by atoms with Crippen molar-refractivity contribution in [2.75, 3.05) is 18.8 Å². The second-order valence-electron chi connectivity index (χ2n) is 7.43. The molecular weight excluding hydrogens is 399 g/mol. The minimum absolute atomic E-state index is 0.0220. The maximum absolute atomic E-state index is 14.0. The summed E-state index contributed by atoms with van der Waals surface area (Å²) in [5.41, 5.74) is 0.858. The molecule has 1 aliphatic rings. The van der Waals surface area contributed by atoms with E-state index in [1.165, 1.54) is 6.07 Å². The molecule has 1 heterocycles. The second kappa shape index (κ2) is 8.91. The van der Waals surface area contributed by atoms with Crippen LogP contribution in [-0.4, -0.2) is 44.2 Å². The van der Waals surface area contributed by atoms with Gasteiger partial charge in [-0.15, -0.1) is 0 Å². The number of hydrogen-bond acceptors (Lipinski definition) is 4. The molecule has 1 saturated heterocycles. The normalized spacial score (nSPS) is 20.8. The molecule has 2 aromatic rings. The minimum Gasteiger partial charge on any atom is -0.311 e. The van der Waals surface area contributed by atoms with Gasteiger partial charge in [0, 0.05) is 25.2 Å². The number of halogens is 2. The fourth-order valence-electron chi connectivity index (χ4n) is 3.85. The van der Waals surface area contributed by atoms with Crippen LogP contribution in [0.2, 0.25) is 5.02 Å². The van der Waals surface area contributed by atoms with Gasteiger partial charge >= 0.3 is 0 Å². The second-order valence-corrected chi connectivity index (χ2v) is 9.95. The van der Waals surface area contributed by atoms with Gasteiger partial charge in [-0.25, -0.2) is 12.8 Å². The Morgan fingerprint density at radius 3 is 2.57 bits per heavy atom. The monoisotopic (exact) mass is 424 g/mol. The van der Waals surface area contributed by atoms with E-state index < -0.39 is 15.7 Å². The molecule has 1 fully saturated rings. The summed E-state index contributed by atoms with van der Waals surface area (Å²) in [7, 11) is -3.33. The molecule has 28 heavy (non-hydrogen) atoms. The summed E-state index contributed by atoms with van der Waals surface area (Å²) in [6.45, 7) is 5.44. The summed E-state index contributed by atoms with van der Waals surface area (Å²) >= 11 is 5.84. The molecule has 1 aliphatic heterocycles. The first-order valence-electron chi connectivity index (χ1n) is 9.51. The van der Waals surface area contributed by atoms with Crippen molar-refractivity contribution in [2.24, 2.45) is 0 Å². The van der Waals surface area contributed by atoms with Gasteiger partial charge < -0.3 is 5.32 Å². The topological polar surface area (TPSA) is 49.4 Å². The highest BCUT2D eigenvalue weighted by molar-refractivity contribution is 7.91. The van der Waals surface area contributed by atoms with Crippen molar-refractivity contribution in [3.05, 3.63) is 64.9 Å². The van der Waals surface area contributed by atoms with Crippen LogP contribution in [0.1, 0.15) is 31.9 Å². The van der Waals surface area contributed by atoms with E-state index in [1.807, 2.05) is 6.07 Å². The Hall–Kier alpha value is -1.47. The van der Waals surface area contributed by atoms with Crippen LogP contribution in [0, 0.1) is 5.82 Å². The molecule has 0 spiro atoms. The van der Waals surface area contributed by atoms with Gasteiger partial charge in [-0.1, -0.05) is 35.9 Å². The average molecular weight is 425 g/mol. The van der Waals surface area contributed by atoms with E-state index in [2.05, 4.69) is 24.1 Å². The number of sulfone groups is 1. The molecule has 4 nitrogen and oxygen atoms in total. The van der Waals surface area contributed by atoms with Crippen LogP contribution in [0.5, 0.6) is 0 Å². The van der Waals surface area contributed by atoms with Crippen LogP contribution in [-0.2, 0) is 9.84 Å². The summed E-state index contributed by atoms with van der Waals surface area (Å²) in [5.74, 6) is -0.406. The molecule has 0 bridgehead atoms. The summed E-state index contributed by atoms with van der Waals surface area (Å²) in [4.78, 5) is 2.65. The van der Waals surface area contributed by atoms with Crippen LogP contribution in [0.4, 0.5) is 4.39 Å². The van der Waals surface area contributed by atoms with Crippen LogP contribution in [0.25, 0.3) is 0 Å². The SMILES string of the molecule is CC(C)N1CC[C@H](NCCS(=O)(=O)c2ccccc2)[C@@H]1c1ccc(Cl)c(F)c1. The molecule has 0 amide bonds. The molecular formula is C21H26ClFN2O2S. The first kappa shape index (κ1) is 21.2. The lowest BCUT2D eigenvalue weighted by Crippen LogP contribution is -2.40. The van der Waals surface area contributed by atoms with E-state index in [0.717, 1.165) is 18.5 Å². The Kier molecular flexibility index (Phi) is 6.76. The van der Waals surface area contributed by atoms with E-state index in [9.17, 15) is 12.8 Å². The highest BCUT2D eigenvalue weighted by Gasteiger charge is 2.36. The Morgan fingerprint density at radius 1 is 1.21 bits per heavy atom. The third-order valence-corrected chi connectivity index (χ3v) is 7.30. The maximum atomic E-state index is 14.0. The third kappa shape index (κ3) is 4.74. The zero-order valence-corrected chi connectivity index (χ0v) is 17.7. The number of likely N-dealkylation sites (tertiary alicyclic amines) is 1. The number of benzene rings is 2. The lowest BCUT2D eigenvalue weighted by Gasteiger charge is -2.32. The van der Waals surface area contributed by atoms with Gasteiger partial charge in [-0.3, -0.25) is 4.90 Å². The molecule has 2 aromatic carbocycles. The summed E-state index contributed by atoms with van der Waals surface area (Å²) in [6, 6.07) is 13.7. The molecule has 0 aliphatic carbocycles. The third-order valence-electron chi connectivity index (χ3n) is 5.26. The number of nitrogens with zero attached hydrogens (tertiary/aromatic N) is 1. The summed E-state index contributed by atoms with van der Waals surface area (Å²) in [6.07, 6.45) is 0.873. The fraction of sp³-hybridized carbons (Fsp3) is 0.429. The van der Waals surface area contributed by atoms with E-state index in [4.69, 9.17) is 11.6 Å². The summed E-state index contributed by atoms with van der Waals surface area (Å²) in [5, 5.41) is 3.51. The predicted molar refractivity (Wildman–Crippen MR) is 111 cm³/mol. The van der Waals surface area contributed by atoms with E-state index in [0.29, 0.717) is 17.5 Å². The highest BCUT2D eigenvalue weighted by atomic mass is 35.5. The molecule has 1 N–H and O–H groups in total. The molecule has 0 radical (unpaired) electrons. The van der Waals surface area contributed by atoms with Gasteiger partial charge in [-0.05, 0) is 50.1 Å². The first-order chi connectivity index (χ1) is 13.3. The van der Waals surface area contributed by atoms with Gasteiger partial charge in [0.25, 0.3) is 0 Å². The molecule has 2 atom stereocenters. The maximum Gasteiger partial charge on any atom is 0.179 e. The Labute approximate surface area is 171 Å². The molecule has 0 saturated carbocycles. The first-order valence-corrected chi connectivity index (χ1v) is 11.5. The van der Waals surface area contributed by atoms with Gasteiger partial charge in [0.05, 0.1) is 21.7 Å². The van der Waals surface area contributed by atoms with Crippen LogP contribution >= 0.6 is 11.6 Å². The van der Waals surface area contributed by atoms with Gasteiger partial charge in [0.1, 0.15) is 5.82 Å². The Morgan fingerprint density at radius 2 is 1.93 bits per heavy atom. The zero-order valence-electron chi connectivity index (χ0n) is 16.1. The number of hydrogen-bond donors (Lipinski definition) is 1. The van der Waals surface area contributed by atoms with Crippen molar-refractivity contribution in [3.8, 4) is 0 Å². The largest absolute Gasteiger partial charge is 0.311 e.